The smallest absolute Gasteiger partial charge is 0.0951 e. The van der Waals surface area contributed by atoms with Crippen molar-refractivity contribution in [2.24, 2.45) is 5.92 Å². The number of ether oxygens (including phenoxy) is 2. The zero-order valence-corrected chi connectivity index (χ0v) is 9.34. The second kappa shape index (κ2) is 4.04. The maximum Gasteiger partial charge on any atom is 0.0951 e. The summed E-state index contributed by atoms with van der Waals surface area (Å²) in [5.41, 5.74) is 0.0689. The lowest BCUT2D eigenvalue weighted by atomic mass is 9.89. The van der Waals surface area contributed by atoms with E-state index in [4.69, 9.17) is 9.47 Å². The maximum absolute atomic E-state index is 5.91. The molecule has 86 valence electrons. The average Bonchev–Trinajstić information content (AvgIpc) is 2.99. The van der Waals surface area contributed by atoms with Gasteiger partial charge in [0.05, 0.1) is 12.2 Å². The van der Waals surface area contributed by atoms with Gasteiger partial charge in [0.2, 0.25) is 0 Å². The van der Waals surface area contributed by atoms with Gasteiger partial charge >= 0.3 is 0 Å². The van der Waals surface area contributed by atoms with Gasteiger partial charge in [0.15, 0.2) is 0 Å². The fraction of sp³-hybridized carbons (Fsp3) is 1.00. The molecule has 2 atom stereocenters. The lowest BCUT2D eigenvalue weighted by molar-refractivity contribution is -0.0893. The van der Waals surface area contributed by atoms with Crippen molar-refractivity contribution in [2.45, 2.75) is 43.7 Å². The lowest BCUT2D eigenvalue weighted by Crippen LogP contribution is -2.47. The van der Waals surface area contributed by atoms with Crippen LogP contribution in [0, 0.1) is 5.92 Å². The van der Waals surface area contributed by atoms with E-state index in [2.05, 4.69) is 5.32 Å². The number of nitrogens with one attached hydrogen (secondary N) is 1. The van der Waals surface area contributed by atoms with Crippen LogP contribution in [0.3, 0.4) is 0 Å². The zero-order chi connectivity index (χ0) is 10.1. The molecule has 1 N–H and O–H groups in total. The molecule has 3 heteroatoms. The Morgan fingerprint density at radius 1 is 1.20 bits per heavy atom. The van der Waals surface area contributed by atoms with E-state index < -0.39 is 0 Å². The first-order valence-corrected chi connectivity index (χ1v) is 6.31. The molecule has 2 saturated heterocycles. The van der Waals surface area contributed by atoms with Crippen molar-refractivity contribution in [3.8, 4) is 0 Å². The van der Waals surface area contributed by atoms with E-state index in [9.17, 15) is 0 Å². The van der Waals surface area contributed by atoms with Crippen LogP contribution in [0.25, 0.3) is 0 Å². The summed E-state index contributed by atoms with van der Waals surface area (Å²) in [7, 11) is 0. The molecule has 0 aromatic carbocycles. The van der Waals surface area contributed by atoms with E-state index in [0.29, 0.717) is 6.04 Å². The number of hydrogen-bond donors (Lipinski definition) is 1. The maximum atomic E-state index is 5.91. The Morgan fingerprint density at radius 2 is 2.13 bits per heavy atom. The molecule has 3 rings (SSSR count). The van der Waals surface area contributed by atoms with Crippen molar-refractivity contribution >= 4 is 0 Å². The van der Waals surface area contributed by atoms with Gasteiger partial charge in [-0.1, -0.05) is 0 Å². The summed E-state index contributed by atoms with van der Waals surface area (Å²) in [4.78, 5) is 0. The van der Waals surface area contributed by atoms with Gasteiger partial charge in [-0.3, -0.25) is 0 Å². The summed E-state index contributed by atoms with van der Waals surface area (Å²) >= 11 is 0. The van der Waals surface area contributed by atoms with Crippen LogP contribution >= 0.6 is 0 Å². The molecule has 15 heavy (non-hydrogen) atoms. The van der Waals surface area contributed by atoms with Crippen LogP contribution < -0.4 is 5.32 Å². The van der Waals surface area contributed by atoms with E-state index in [1.807, 2.05) is 0 Å². The van der Waals surface area contributed by atoms with Gasteiger partial charge in [0, 0.05) is 25.7 Å². The topological polar surface area (TPSA) is 30.5 Å². The minimum absolute atomic E-state index is 0.0689. The fourth-order valence-electron chi connectivity index (χ4n) is 2.72. The average molecular weight is 211 g/mol. The molecule has 1 spiro atoms. The van der Waals surface area contributed by atoms with Crippen LogP contribution in [0.15, 0.2) is 0 Å². The molecule has 3 fully saturated rings. The Labute approximate surface area is 91.5 Å². The SMILES string of the molecule is C1CC2(CO1)CC(NCC1CC1)CCO2. The van der Waals surface area contributed by atoms with Gasteiger partial charge in [-0.2, -0.15) is 0 Å². The Bertz CT molecular complexity index is 222. The first-order chi connectivity index (χ1) is 7.36. The summed E-state index contributed by atoms with van der Waals surface area (Å²) in [6.45, 7) is 3.83. The van der Waals surface area contributed by atoms with E-state index in [1.165, 1.54) is 25.8 Å². The highest BCUT2D eigenvalue weighted by atomic mass is 16.6. The highest BCUT2D eigenvalue weighted by Crippen LogP contribution is 2.33. The largest absolute Gasteiger partial charge is 0.378 e. The summed E-state index contributed by atoms with van der Waals surface area (Å²) in [5, 5.41) is 3.70. The molecule has 0 amide bonds. The summed E-state index contributed by atoms with van der Waals surface area (Å²) in [6, 6.07) is 0.668. The molecular weight excluding hydrogens is 190 g/mol. The molecular formula is C12H21NO2. The number of rotatable bonds is 3. The van der Waals surface area contributed by atoms with Crippen molar-refractivity contribution in [1.82, 2.24) is 5.32 Å². The first-order valence-electron chi connectivity index (χ1n) is 6.31. The molecule has 1 aliphatic carbocycles. The molecule has 3 nitrogen and oxygen atoms in total. The summed E-state index contributed by atoms with van der Waals surface area (Å²) in [6.07, 6.45) is 6.29. The van der Waals surface area contributed by atoms with Crippen molar-refractivity contribution in [3.63, 3.8) is 0 Å². The second-order valence-electron chi connectivity index (χ2n) is 5.38. The van der Waals surface area contributed by atoms with Crippen LogP contribution in [-0.4, -0.2) is 38.0 Å². The quantitative estimate of drug-likeness (QED) is 0.764. The van der Waals surface area contributed by atoms with Crippen LogP contribution in [-0.2, 0) is 9.47 Å². The molecule has 2 heterocycles. The van der Waals surface area contributed by atoms with Gasteiger partial charge < -0.3 is 14.8 Å². The van der Waals surface area contributed by atoms with Crippen LogP contribution in [0.2, 0.25) is 0 Å². The Kier molecular flexibility index (Phi) is 2.71. The van der Waals surface area contributed by atoms with Crippen LogP contribution in [0.5, 0.6) is 0 Å². The first kappa shape index (κ1) is 10.1. The molecule has 2 aliphatic heterocycles. The summed E-state index contributed by atoms with van der Waals surface area (Å²) < 4.78 is 11.4. The van der Waals surface area contributed by atoms with Crippen molar-refractivity contribution in [2.75, 3.05) is 26.4 Å². The fourth-order valence-corrected chi connectivity index (χ4v) is 2.72. The van der Waals surface area contributed by atoms with E-state index in [-0.39, 0.29) is 5.60 Å². The van der Waals surface area contributed by atoms with E-state index in [1.54, 1.807) is 0 Å². The van der Waals surface area contributed by atoms with Crippen molar-refractivity contribution in [1.29, 1.82) is 0 Å². The summed E-state index contributed by atoms with van der Waals surface area (Å²) in [5.74, 6) is 0.976. The third-order valence-corrected chi connectivity index (χ3v) is 3.95. The third kappa shape index (κ3) is 2.35. The normalized spacial score (nSPS) is 41.2. The predicted molar refractivity (Wildman–Crippen MR) is 57.9 cm³/mol. The van der Waals surface area contributed by atoms with Crippen molar-refractivity contribution in [3.05, 3.63) is 0 Å². The van der Waals surface area contributed by atoms with Crippen LogP contribution in [0.1, 0.15) is 32.1 Å². The molecule has 0 aromatic rings. The molecule has 0 aromatic heterocycles. The van der Waals surface area contributed by atoms with Gasteiger partial charge in [-0.25, -0.2) is 0 Å². The predicted octanol–water partition coefficient (Wildman–Crippen LogP) is 1.32. The Hall–Kier alpha value is -0.120. The van der Waals surface area contributed by atoms with Crippen LogP contribution in [0.4, 0.5) is 0 Å². The van der Waals surface area contributed by atoms with Gasteiger partial charge in [-0.15, -0.1) is 0 Å². The highest BCUT2D eigenvalue weighted by molar-refractivity contribution is 4.93. The Balaban J connectivity index is 1.51. The standard InChI is InChI=1S/C12H21NO2/c1-2-10(1)8-13-11-3-5-15-12(7-11)4-6-14-9-12/h10-11,13H,1-9H2. The molecule has 2 unspecified atom stereocenters. The van der Waals surface area contributed by atoms with Crippen molar-refractivity contribution < 1.29 is 9.47 Å². The molecule has 0 bridgehead atoms. The lowest BCUT2D eigenvalue weighted by Gasteiger charge is -2.37. The minimum Gasteiger partial charge on any atom is -0.378 e. The molecule has 1 saturated carbocycles. The monoisotopic (exact) mass is 211 g/mol. The Morgan fingerprint density at radius 3 is 2.87 bits per heavy atom. The highest BCUT2D eigenvalue weighted by Gasteiger charge is 2.41. The minimum atomic E-state index is 0.0689. The van der Waals surface area contributed by atoms with E-state index >= 15 is 0 Å². The van der Waals surface area contributed by atoms with Gasteiger partial charge in [0.25, 0.3) is 0 Å². The molecule has 3 aliphatic rings. The van der Waals surface area contributed by atoms with Gasteiger partial charge in [-0.05, 0) is 38.1 Å². The molecule has 0 radical (unpaired) electrons. The second-order valence-corrected chi connectivity index (χ2v) is 5.38. The van der Waals surface area contributed by atoms with Gasteiger partial charge in [0.1, 0.15) is 0 Å². The number of hydrogen-bond acceptors (Lipinski definition) is 3. The zero-order valence-electron chi connectivity index (χ0n) is 9.34. The van der Waals surface area contributed by atoms with E-state index in [0.717, 1.165) is 38.6 Å². The third-order valence-electron chi connectivity index (χ3n) is 3.95.